The molecule has 0 aliphatic heterocycles. The van der Waals surface area contributed by atoms with E-state index in [1.54, 1.807) is 36.5 Å². The molecule has 2 heterocycles. The molecule has 1 aliphatic carbocycles. The van der Waals surface area contributed by atoms with Gasteiger partial charge in [-0.2, -0.15) is 0 Å². The number of anilines is 2. The predicted octanol–water partition coefficient (Wildman–Crippen LogP) is 6.04. The van der Waals surface area contributed by atoms with Crippen LogP contribution >= 0.6 is 0 Å². The van der Waals surface area contributed by atoms with Crippen LogP contribution in [0.25, 0.3) is 0 Å². The molecule has 4 aromatic rings. The fourth-order valence-corrected chi connectivity index (χ4v) is 4.42. The van der Waals surface area contributed by atoms with E-state index in [0.717, 1.165) is 24.1 Å². The Morgan fingerprint density at radius 3 is 2.50 bits per heavy atom. The van der Waals surface area contributed by atoms with Crippen LogP contribution in [0.2, 0.25) is 0 Å². The van der Waals surface area contributed by atoms with Crippen molar-refractivity contribution in [3.8, 4) is 17.2 Å². The number of nitrogens with one attached hydrogen (secondary N) is 2. The van der Waals surface area contributed by atoms with Gasteiger partial charge in [-0.25, -0.2) is 14.4 Å². The number of halogens is 1. The van der Waals surface area contributed by atoms with Gasteiger partial charge < -0.3 is 20.5 Å². The third-order valence-electron chi connectivity index (χ3n) is 6.42. The molecule has 2 aromatic heterocycles. The smallest absolute Gasteiger partial charge is 0.141 e. The van der Waals surface area contributed by atoms with E-state index in [9.17, 15) is 4.39 Å². The summed E-state index contributed by atoms with van der Waals surface area (Å²) in [4.78, 5) is 12.7. The standard InChI is InChI=1S/C29H29FN6O2/c1-18-6-7-19(15-33-18)16-37-24-12-21(30)13-25(14-24)38-23-10-8-20(9-11-23)27(31)26-28(32)34-17-35-29(26)36-22-4-2-3-5-22/h6-15,17,22,31H,2-5,16H2,1H3,(H3,32,34,35,36). The molecular weight excluding hydrogens is 483 g/mol. The Hall–Kier alpha value is -4.53. The average molecular weight is 513 g/mol. The zero-order valence-corrected chi connectivity index (χ0v) is 21.1. The lowest BCUT2D eigenvalue weighted by Gasteiger charge is -2.17. The number of rotatable bonds is 9. The molecule has 8 nitrogen and oxygen atoms in total. The fourth-order valence-electron chi connectivity index (χ4n) is 4.42. The van der Waals surface area contributed by atoms with Gasteiger partial charge in [0, 0.05) is 47.3 Å². The van der Waals surface area contributed by atoms with Crippen molar-refractivity contribution in [2.75, 3.05) is 11.1 Å². The first-order valence-corrected chi connectivity index (χ1v) is 12.5. The van der Waals surface area contributed by atoms with E-state index in [1.165, 1.54) is 31.3 Å². The number of aryl methyl sites for hydroxylation is 1. The van der Waals surface area contributed by atoms with Crippen LogP contribution in [-0.2, 0) is 6.61 Å². The molecule has 0 bridgehead atoms. The highest BCUT2D eigenvalue weighted by Gasteiger charge is 2.21. The summed E-state index contributed by atoms with van der Waals surface area (Å²) in [5.74, 6) is 1.49. The molecule has 38 heavy (non-hydrogen) atoms. The van der Waals surface area contributed by atoms with E-state index in [2.05, 4.69) is 20.3 Å². The third kappa shape index (κ3) is 6.05. The number of pyridine rings is 1. The van der Waals surface area contributed by atoms with Crippen molar-refractivity contribution >= 4 is 17.3 Å². The fraction of sp³-hybridized carbons (Fsp3) is 0.241. The van der Waals surface area contributed by atoms with Crippen molar-refractivity contribution in [3.63, 3.8) is 0 Å². The van der Waals surface area contributed by atoms with Gasteiger partial charge in [-0.1, -0.05) is 18.9 Å². The molecule has 0 amide bonds. The third-order valence-corrected chi connectivity index (χ3v) is 6.42. The molecule has 0 unspecified atom stereocenters. The quantitative estimate of drug-likeness (QED) is 0.234. The summed E-state index contributed by atoms with van der Waals surface area (Å²) < 4.78 is 25.9. The summed E-state index contributed by atoms with van der Waals surface area (Å²) in [6.07, 6.45) is 7.63. The van der Waals surface area contributed by atoms with Gasteiger partial charge in [0.15, 0.2) is 0 Å². The van der Waals surface area contributed by atoms with Crippen LogP contribution in [-0.4, -0.2) is 26.7 Å². The number of nitrogen functional groups attached to an aromatic ring is 1. The summed E-state index contributed by atoms with van der Waals surface area (Å²) in [5, 5.41) is 12.2. The van der Waals surface area contributed by atoms with E-state index < -0.39 is 5.82 Å². The van der Waals surface area contributed by atoms with Crippen LogP contribution in [0, 0.1) is 18.2 Å². The summed E-state index contributed by atoms with van der Waals surface area (Å²) in [6, 6.07) is 15.3. The normalized spacial score (nSPS) is 13.3. The second-order valence-electron chi connectivity index (χ2n) is 9.33. The maximum atomic E-state index is 14.3. The lowest BCUT2D eigenvalue weighted by atomic mass is 10.0. The van der Waals surface area contributed by atoms with E-state index >= 15 is 0 Å². The first-order valence-electron chi connectivity index (χ1n) is 12.5. The zero-order valence-electron chi connectivity index (χ0n) is 21.1. The van der Waals surface area contributed by atoms with Crippen LogP contribution in [0.3, 0.4) is 0 Å². The van der Waals surface area contributed by atoms with Crippen LogP contribution in [0.5, 0.6) is 17.2 Å². The largest absolute Gasteiger partial charge is 0.489 e. The number of hydrogen-bond acceptors (Lipinski definition) is 8. The predicted molar refractivity (Wildman–Crippen MR) is 144 cm³/mol. The Balaban J connectivity index is 1.28. The van der Waals surface area contributed by atoms with E-state index in [0.29, 0.717) is 40.2 Å². The molecule has 9 heteroatoms. The highest BCUT2D eigenvalue weighted by Crippen LogP contribution is 2.30. The molecule has 4 N–H and O–H groups in total. The minimum atomic E-state index is -0.472. The monoisotopic (exact) mass is 512 g/mol. The lowest BCUT2D eigenvalue weighted by Crippen LogP contribution is -2.20. The van der Waals surface area contributed by atoms with Crippen LogP contribution < -0.4 is 20.5 Å². The zero-order chi connectivity index (χ0) is 26.5. The molecule has 2 aromatic carbocycles. The molecule has 1 aliphatic rings. The molecule has 194 valence electrons. The Bertz CT molecular complexity index is 1420. The molecule has 1 saturated carbocycles. The second kappa shape index (κ2) is 11.2. The number of nitrogens with zero attached hydrogens (tertiary/aromatic N) is 3. The number of nitrogens with two attached hydrogens (primary N) is 1. The molecule has 5 rings (SSSR count). The molecule has 1 fully saturated rings. The number of hydrogen-bond donors (Lipinski definition) is 3. The van der Waals surface area contributed by atoms with Gasteiger partial charge in [0.25, 0.3) is 0 Å². The Morgan fingerprint density at radius 1 is 1.00 bits per heavy atom. The lowest BCUT2D eigenvalue weighted by molar-refractivity contribution is 0.302. The molecule has 0 radical (unpaired) electrons. The SMILES string of the molecule is Cc1ccc(COc2cc(F)cc(Oc3ccc(C(=N)c4c(N)ncnc4NC4CCCC4)cc3)c2)cn1. The van der Waals surface area contributed by atoms with Crippen molar-refractivity contribution in [3.05, 3.63) is 95.3 Å². The maximum absolute atomic E-state index is 14.3. The van der Waals surface area contributed by atoms with Crippen molar-refractivity contribution in [1.82, 2.24) is 15.0 Å². The second-order valence-corrected chi connectivity index (χ2v) is 9.33. The van der Waals surface area contributed by atoms with Crippen molar-refractivity contribution in [1.29, 1.82) is 5.41 Å². The first-order chi connectivity index (χ1) is 18.4. The van der Waals surface area contributed by atoms with Crippen LogP contribution in [0.15, 0.2) is 67.1 Å². The van der Waals surface area contributed by atoms with Gasteiger partial charge in [-0.05, 0) is 50.1 Å². The van der Waals surface area contributed by atoms with Gasteiger partial charge >= 0.3 is 0 Å². The Kier molecular flexibility index (Phi) is 7.44. The van der Waals surface area contributed by atoms with E-state index in [-0.39, 0.29) is 18.1 Å². The van der Waals surface area contributed by atoms with Crippen molar-refractivity contribution < 1.29 is 13.9 Å². The van der Waals surface area contributed by atoms with Crippen molar-refractivity contribution in [2.24, 2.45) is 0 Å². The number of ether oxygens (including phenoxy) is 2. The summed E-state index contributed by atoms with van der Waals surface area (Å²) in [7, 11) is 0. The topological polar surface area (TPSA) is 119 Å². The van der Waals surface area contributed by atoms with Gasteiger partial charge in [0.2, 0.25) is 0 Å². The minimum Gasteiger partial charge on any atom is -0.489 e. The summed E-state index contributed by atoms with van der Waals surface area (Å²) in [6.45, 7) is 2.17. The van der Waals surface area contributed by atoms with Crippen LogP contribution in [0.1, 0.15) is 48.1 Å². The molecular formula is C29H29FN6O2. The molecule has 0 spiro atoms. The highest BCUT2D eigenvalue weighted by molar-refractivity contribution is 6.16. The van der Waals surface area contributed by atoms with Gasteiger partial charge in [-0.3, -0.25) is 10.4 Å². The average Bonchev–Trinajstić information content (AvgIpc) is 3.41. The van der Waals surface area contributed by atoms with Gasteiger partial charge in [-0.15, -0.1) is 0 Å². The van der Waals surface area contributed by atoms with E-state index in [4.69, 9.17) is 20.6 Å². The highest BCUT2D eigenvalue weighted by atomic mass is 19.1. The number of benzene rings is 2. The van der Waals surface area contributed by atoms with E-state index in [1.807, 2.05) is 19.1 Å². The molecule has 0 atom stereocenters. The minimum absolute atomic E-state index is 0.210. The summed E-state index contributed by atoms with van der Waals surface area (Å²) >= 11 is 0. The summed E-state index contributed by atoms with van der Waals surface area (Å²) in [5.41, 5.74) is 9.27. The Morgan fingerprint density at radius 2 is 1.76 bits per heavy atom. The maximum Gasteiger partial charge on any atom is 0.141 e. The van der Waals surface area contributed by atoms with Crippen LogP contribution in [0.4, 0.5) is 16.0 Å². The Labute approximate surface area is 220 Å². The first kappa shape index (κ1) is 25.1. The number of aromatic nitrogens is 3. The van der Waals surface area contributed by atoms with Crippen molar-refractivity contribution in [2.45, 2.75) is 45.3 Å². The molecule has 0 saturated heterocycles. The van der Waals surface area contributed by atoms with Gasteiger partial charge in [0.05, 0.1) is 11.3 Å². The van der Waals surface area contributed by atoms with Gasteiger partial charge in [0.1, 0.15) is 47.6 Å².